The normalized spacial score (nSPS) is 18.7. The van der Waals surface area contributed by atoms with Crippen molar-refractivity contribution < 1.29 is 5.11 Å². The molecule has 0 aromatic heterocycles. The predicted octanol–water partition coefficient (Wildman–Crippen LogP) is 2.98. The van der Waals surface area contributed by atoms with Crippen LogP contribution in [0.2, 0.25) is 0 Å². The minimum atomic E-state index is 0.100. The van der Waals surface area contributed by atoms with Crippen LogP contribution in [0.3, 0.4) is 0 Å². The fourth-order valence-electron chi connectivity index (χ4n) is 3.24. The second-order valence-electron chi connectivity index (χ2n) is 6.69. The highest BCUT2D eigenvalue weighted by molar-refractivity contribution is 5.63. The van der Waals surface area contributed by atoms with Crippen molar-refractivity contribution in [2.24, 2.45) is 0 Å². The van der Waals surface area contributed by atoms with Gasteiger partial charge in [0.15, 0.2) is 0 Å². The fraction of sp³-hybridized carbons (Fsp3) is 0.400. The van der Waals surface area contributed by atoms with Crippen molar-refractivity contribution in [3.8, 4) is 11.1 Å². The average molecular weight is 310 g/mol. The van der Waals surface area contributed by atoms with Crippen LogP contribution in [0.5, 0.6) is 0 Å². The van der Waals surface area contributed by atoms with Crippen LogP contribution in [0.4, 0.5) is 0 Å². The first kappa shape index (κ1) is 16.2. The molecule has 0 saturated carbocycles. The van der Waals surface area contributed by atoms with Crippen LogP contribution >= 0.6 is 0 Å². The lowest BCUT2D eigenvalue weighted by atomic mass is 10.0. The zero-order valence-corrected chi connectivity index (χ0v) is 14.1. The quantitative estimate of drug-likeness (QED) is 0.920. The molecule has 0 aliphatic carbocycles. The van der Waals surface area contributed by atoms with Gasteiger partial charge in [0, 0.05) is 25.7 Å². The standard InChI is InChI=1S/C20H26N2O/c1-21(2)20-11-12-22(14-20)13-16-3-7-18(8-4-16)19-9-5-17(15-23)6-10-19/h3-10,20,23H,11-15H2,1-2H3. The molecular weight excluding hydrogens is 284 g/mol. The van der Waals surface area contributed by atoms with E-state index in [0.717, 1.165) is 18.7 Å². The van der Waals surface area contributed by atoms with Gasteiger partial charge in [-0.05, 0) is 42.8 Å². The first-order valence-corrected chi connectivity index (χ1v) is 8.33. The third-order valence-corrected chi connectivity index (χ3v) is 4.81. The molecule has 1 aliphatic rings. The molecule has 1 fully saturated rings. The van der Waals surface area contributed by atoms with Crippen LogP contribution < -0.4 is 0 Å². The van der Waals surface area contributed by atoms with Gasteiger partial charge in [-0.1, -0.05) is 48.5 Å². The zero-order chi connectivity index (χ0) is 16.2. The molecule has 0 radical (unpaired) electrons. The molecule has 122 valence electrons. The molecule has 3 nitrogen and oxygen atoms in total. The summed E-state index contributed by atoms with van der Waals surface area (Å²) in [6, 6.07) is 17.7. The van der Waals surface area contributed by atoms with E-state index in [1.165, 1.54) is 29.7 Å². The van der Waals surface area contributed by atoms with Crippen molar-refractivity contribution >= 4 is 0 Å². The van der Waals surface area contributed by atoms with Crippen LogP contribution in [0.1, 0.15) is 17.5 Å². The molecule has 1 N–H and O–H groups in total. The summed E-state index contributed by atoms with van der Waals surface area (Å²) in [5, 5.41) is 9.12. The van der Waals surface area contributed by atoms with Crippen molar-refractivity contribution in [2.45, 2.75) is 25.6 Å². The predicted molar refractivity (Wildman–Crippen MR) is 95.2 cm³/mol. The van der Waals surface area contributed by atoms with Gasteiger partial charge in [0.05, 0.1) is 6.61 Å². The molecule has 0 spiro atoms. The Kier molecular flexibility index (Phi) is 5.11. The molecule has 3 rings (SSSR count). The Balaban J connectivity index is 1.63. The van der Waals surface area contributed by atoms with Gasteiger partial charge in [-0.15, -0.1) is 0 Å². The lowest BCUT2D eigenvalue weighted by molar-refractivity contribution is 0.264. The van der Waals surface area contributed by atoms with Crippen LogP contribution in [0.25, 0.3) is 11.1 Å². The van der Waals surface area contributed by atoms with E-state index in [-0.39, 0.29) is 6.61 Å². The maximum Gasteiger partial charge on any atom is 0.0681 e. The molecule has 23 heavy (non-hydrogen) atoms. The Morgan fingerprint density at radius 3 is 2.00 bits per heavy atom. The summed E-state index contributed by atoms with van der Waals surface area (Å²) in [5.74, 6) is 0. The van der Waals surface area contributed by atoms with E-state index < -0.39 is 0 Å². The van der Waals surface area contributed by atoms with Crippen LogP contribution in [0.15, 0.2) is 48.5 Å². The molecule has 0 amide bonds. The molecular formula is C20H26N2O. The smallest absolute Gasteiger partial charge is 0.0681 e. The van der Waals surface area contributed by atoms with Gasteiger partial charge in [-0.2, -0.15) is 0 Å². The Morgan fingerprint density at radius 2 is 1.52 bits per heavy atom. The van der Waals surface area contributed by atoms with E-state index in [1.54, 1.807) is 0 Å². The zero-order valence-electron chi connectivity index (χ0n) is 14.1. The van der Waals surface area contributed by atoms with E-state index >= 15 is 0 Å². The van der Waals surface area contributed by atoms with E-state index in [1.807, 2.05) is 12.1 Å². The highest BCUT2D eigenvalue weighted by Gasteiger charge is 2.23. The maximum absolute atomic E-state index is 9.12. The van der Waals surface area contributed by atoms with E-state index in [9.17, 15) is 0 Å². The van der Waals surface area contributed by atoms with E-state index in [0.29, 0.717) is 6.04 Å². The first-order chi connectivity index (χ1) is 11.2. The largest absolute Gasteiger partial charge is 0.392 e. The lowest BCUT2D eigenvalue weighted by Crippen LogP contribution is -2.31. The lowest BCUT2D eigenvalue weighted by Gasteiger charge is -2.20. The van der Waals surface area contributed by atoms with Gasteiger partial charge in [0.25, 0.3) is 0 Å². The third kappa shape index (κ3) is 3.99. The van der Waals surface area contributed by atoms with Gasteiger partial charge < -0.3 is 10.0 Å². The summed E-state index contributed by atoms with van der Waals surface area (Å²) in [6.07, 6.45) is 1.27. The highest BCUT2D eigenvalue weighted by Crippen LogP contribution is 2.22. The van der Waals surface area contributed by atoms with Crippen molar-refractivity contribution in [3.63, 3.8) is 0 Å². The Bertz CT molecular complexity index is 619. The average Bonchev–Trinajstić information content (AvgIpc) is 3.04. The number of nitrogens with zero attached hydrogens (tertiary/aromatic N) is 2. The van der Waals surface area contributed by atoms with Crippen LogP contribution in [0, 0.1) is 0 Å². The number of aliphatic hydroxyl groups excluding tert-OH is 1. The molecule has 1 atom stereocenters. The molecule has 1 saturated heterocycles. The number of hydrogen-bond acceptors (Lipinski definition) is 3. The third-order valence-electron chi connectivity index (χ3n) is 4.81. The molecule has 1 unspecified atom stereocenters. The Morgan fingerprint density at radius 1 is 0.957 bits per heavy atom. The fourth-order valence-corrected chi connectivity index (χ4v) is 3.24. The van der Waals surface area contributed by atoms with Gasteiger partial charge >= 0.3 is 0 Å². The number of benzene rings is 2. The number of rotatable bonds is 5. The number of likely N-dealkylation sites (N-methyl/N-ethyl adjacent to an activating group) is 1. The van der Waals surface area contributed by atoms with Crippen molar-refractivity contribution in [1.29, 1.82) is 0 Å². The maximum atomic E-state index is 9.12. The Labute approximate surface area is 139 Å². The highest BCUT2D eigenvalue weighted by atomic mass is 16.3. The summed E-state index contributed by atoms with van der Waals surface area (Å²) in [6.45, 7) is 3.49. The van der Waals surface area contributed by atoms with E-state index in [2.05, 4.69) is 60.3 Å². The topological polar surface area (TPSA) is 26.7 Å². The molecule has 3 heteroatoms. The second kappa shape index (κ2) is 7.26. The number of aliphatic hydroxyl groups is 1. The number of likely N-dealkylation sites (tertiary alicyclic amines) is 1. The van der Waals surface area contributed by atoms with Gasteiger partial charge in [0.2, 0.25) is 0 Å². The second-order valence-corrected chi connectivity index (χ2v) is 6.69. The Hall–Kier alpha value is -1.68. The molecule has 2 aromatic rings. The minimum absolute atomic E-state index is 0.100. The first-order valence-electron chi connectivity index (χ1n) is 8.33. The monoisotopic (exact) mass is 310 g/mol. The van der Waals surface area contributed by atoms with Crippen molar-refractivity contribution in [2.75, 3.05) is 27.2 Å². The summed E-state index contributed by atoms with van der Waals surface area (Å²) in [5.41, 5.74) is 4.75. The summed E-state index contributed by atoms with van der Waals surface area (Å²) in [7, 11) is 4.34. The van der Waals surface area contributed by atoms with Crippen molar-refractivity contribution in [1.82, 2.24) is 9.80 Å². The van der Waals surface area contributed by atoms with Crippen LogP contribution in [-0.2, 0) is 13.2 Å². The summed E-state index contributed by atoms with van der Waals surface area (Å²) in [4.78, 5) is 4.87. The van der Waals surface area contributed by atoms with Gasteiger partial charge in [-0.25, -0.2) is 0 Å². The van der Waals surface area contributed by atoms with Gasteiger partial charge in [0.1, 0.15) is 0 Å². The number of hydrogen-bond donors (Lipinski definition) is 1. The van der Waals surface area contributed by atoms with Gasteiger partial charge in [-0.3, -0.25) is 4.90 Å². The molecule has 2 aromatic carbocycles. The summed E-state index contributed by atoms with van der Waals surface area (Å²) < 4.78 is 0. The minimum Gasteiger partial charge on any atom is -0.392 e. The molecule has 1 heterocycles. The summed E-state index contributed by atoms with van der Waals surface area (Å²) >= 11 is 0. The van der Waals surface area contributed by atoms with E-state index in [4.69, 9.17) is 5.11 Å². The van der Waals surface area contributed by atoms with Crippen LogP contribution in [-0.4, -0.2) is 48.1 Å². The molecule has 1 aliphatic heterocycles. The SMILES string of the molecule is CN(C)C1CCN(Cc2ccc(-c3ccc(CO)cc3)cc2)C1. The van der Waals surface area contributed by atoms with Crippen molar-refractivity contribution in [3.05, 3.63) is 59.7 Å². The molecule has 0 bridgehead atoms.